The summed E-state index contributed by atoms with van der Waals surface area (Å²) in [5.41, 5.74) is 1.93. The average molecular weight is 242 g/mol. The van der Waals surface area contributed by atoms with E-state index in [4.69, 9.17) is 4.42 Å². The number of rotatable bonds is 4. The van der Waals surface area contributed by atoms with Crippen LogP contribution in [0.15, 0.2) is 41.3 Å². The smallest absolute Gasteiger partial charge is 0.139 e. The lowest BCUT2D eigenvalue weighted by Gasteiger charge is -2.04. The SMILES string of the molecule is Cn1ccc(CCNc2nccc3occc23)n1. The van der Waals surface area contributed by atoms with Gasteiger partial charge in [0.2, 0.25) is 0 Å². The fraction of sp³-hybridized carbons (Fsp3) is 0.231. The predicted molar refractivity (Wildman–Crippen MR) is 69.4 cm³/mol. The van der Waals surface area contributed by atoms with Gasteiger partial charge in [0.15, 0.2) is 0 Å². The Labute approximate surface area is 104 Å². The van der Waals surface area contributed by atoms with Gasteiger partial charge in [0.1, 0.15) is 11.4 Å². The molecule has 5 nitrogen and oxygen atoms in total. The molecular formula is C13H14N4O. The van der Waals surface area contributed by atoms with Crippen molar-refractivity contribution in [2.45, 2.75) is 6.42 Å². The van der Waals surface area contributed by atoms with Gasteiger partial charge in [-0.05, 0) is 18.2 Å². The van der Waals surface area contributed by atoms with Gasteiger partial charge < -0.3 is 9.73 Å². The first-order valence-corrected chi connectivity index (χ1v) is 5.87. The lowest BCUT2D eigenvalue weighted by molar-refractivity contribution is 0.615. The molecular weight excluding hydrogens is 228 g/mol. The van der Waals surface area contributed by atoms with E-state index in [1.54, 1.807) is 12.5 Å². The van der Waals surface area contributed by atoms with E-state index in [0.29, 0.717) is 0 Å². The predicted octanol–water partition coefficient (Wildman–Crippen LogP) is 2.22. The van der Waals surface area contributed by atoms with Gasteiger partial charge in [-0.2, -0.15) is 5.10 Å². The highest BCUT2D eigenvalue weighted by Gasteiger charge is 2.04. The molecule has 0 aliphatic carbocycles. The van der Waals surface area contributed by atoms with E-state index in [2.05, 4.69) is 15.4 Å². The van der Waals surface area contributed by atoms with Crippen LogP contribution in [-0.4, -0.2) is 21.3 Å². The minimum Gasteiger partial charge on any atom is -0.464 e. The van der Waals surface area contributed by atoms with E-state index in [0.717, 1.165) is 35.4 Å². The molecule has 0 aliphatic heterocycles. The Hall–Kier alpha value is -2.30. The lowest BCUT2D eigenvalue weighted by Crippen LogP contribution is -2.07. The number of fused-ring (bicyclic) bond motifs is 1. The second-order valence-corrected chi connectivity index (χ2v) is 4.15. The zero-order valence-electron chi connectivity index (χ0n) is 10.1. The van der Waals surface area contributed by atoms with Crippen molar-refractivity contribution in [3.05, 3.63) is 42.5 Å². The number of aromatic nitrogens is 3. The molecule has 0 saturated heterocycles. The molecule has 3 aromatic rings. The summed E-state index contributed by atoms with van der Waals surface area (Å²) in [6, 6.07) is 5.80. The Kier molecular flexibility index (Phi) is 2.72. The summed E-state index contributed by atoms with van der Waals surface area (Å²) in [5.74, 6) is 0.859. The highest BCUT2D eigenvalue weighted by Crippen LogP contribution is 2.21. The topological polar surface area (TPSA) is 55.9 Å². The molecule has 1 N–H and O–H groups in total. The fourth-order valence-corrected chi connectivity index (χ4v) is 1.94. The first kappa shape index (κ1) is 10.8. The molecule has 0 saturated carbocycles. The molecule has 92 valence electrons. The van der Waals surface area contributed by atoms with Crippen LogP contribution in [0.1, 0.15) is 5.69 Å². The van der Waals surface area contributed by atoms with E-state index in [9.17, 15) is 0 Å². The number of hydrogen-bond acceptors (Lipinski definition) is 4. The van der Waals surface area contributed by atoms with E-state index in [1.165, 1.54) is 0 Å². The molecule has 0 aromatic carbocycles. The third-order valence-corrected chi connectivity index (χ3v) is 2.82. The van der Waals surface area contributed by atoms with Crippen molar-refractivity contribution in [1.82, 2.24) is 14.8 Å². The molecule has 0 bridgehead atoms. The summed E-state index contributed by atoms with van der Waals surface area (Å²) in [4.78, 5) is 4.32. The number of pyridine rings is 1. The van der Waals surface area contributed by atoms with Gasteiger partial charge >= 0.3 is 0 Å². The summed E-state index contributed by atoms with van der Waals surface area (Å²) in [7, 11) is 1.92. The highest BCUT2D eigenvalue weighted by atomic mass is 16.3. The summed E-state index contributed by atoms with van der Waals surface area (Å²) < 4.78 is 7.14. The van der Waals surface area contributed by atoms with Crippen molar-refractivity contribution in [2.75, 3.05) is 11.9 Å². The van der Waals surface area contributed by atoms with E-state index >= 15 is 0 Å². The van der Waals surface area contributed by atoms with Gasteiger partial charge in [-0.25, -0.2) is 4.98 Å². The zero-order chi connectivity index (χ0) is 12.4. The maximum Gasteiger partial charge on any atom is 0.139 e. The van der Waals surface area contributed by atoms with Gasteiger partial charge in [-0.3, -0.25) is 4.68 Å². The number of nitrogens with zero attached hydrogens (tertiary/aromatic N) is 3. The van der Waals surface area contributed by atoms with Gasteiger partial charge in [0.25, 0.3) is 0 Å². The molecule has 3 rings (SSSR count). The Morgan fingerprint density at radius 3 is 3.11 bits per heavy atom. The van der Waals surface area contributed by atoms with Crippen LogP contribution < -0.4 is 5.32 Å². The van der Waals surface area contributed by atoms with E-state index in [-0.39, 0.29) is 0 Å². The molecule has 0 amide bonds. The Morgan fingerprint density at radius 1 is 1.33 bits per heavy atom. The van der Waals surface area contributed by atoms with Crippen molar-refractivity contribution in [3.63, 3.8) is 0 Å². The zero-order valence-corrected chi connectivity index (χ0v) is 10.1. The highest BCUT2D eigenvalue weighted by molar-refractivity contribution is 5.87. The van der Waals surface area contributed by atoms with Crippen LogP contribution in [0.3, 0.4) is 0 Å². The molecule has 0 unspecified atom stereocenters. The summed E-state index contributed by atoms with van der Waals surface area (Å²) in [5, 5.41) is 8.66. The van der Waals surface area contributed by atoms with Crippen molar-refractivity contribution in [1.29, 1.82) is 0 Å². The van der Waals surface area contributed by atoms with Crippen LogP contribution in [0.4, 0.5) is 5.82 Å². The van der Waals surface area contributed by atoms with E-state index in [1.807, 2.05) is 36.1 Å². The first-order valence-electron chi connectivity index (χ1n) is 5.87. The summed E-state index contributed by atoms with van der Waals surface area (Å²) in [6.07, 6.45) is 6.24. The third-order valence-electron chi connectivity index (χ3n) is 2.82. The quantitative estimate of drug-likeness (QED) is 0.762. The largest absolute Gasteiger partial charge is 0.464 e. The number of nitrogens with one attached hydrogen (secondary N) is 1. The Morgan fingerprint density at radius 2 is 2.28 bits per heavy atom. The molecule has 0 aliphatic rings. The first-order chi connectivity index (χ1) is 8.83. The summed E-state index contributed by atoms with van der Waals surface area (Å²) >= 11 is 0. The van der Waals surface area contributed by atoms with Crippen LogP contribution in [0.2, 0.25) is 0 Å². The molecule has 0 radical (unpaired) electrons. The van der Waals surface area contributed by atoms with Crippen molar-refractivity contribution >= 4 is 16.8 Å². The van der Waals surface area contributed by atoms with Crippen LogP contribution in [0.5, 0.6) is 0 Å². The maximum atomic E-state index is 5.33. The second kappa shape index (κ2) is 4.52. The van der Waals surface area contributed by atoms with Crippen LogP contribution in [-0.2, 0) is 13.5 Å². The Bertz CT molecular complexity index is 656. The lowest BCUT2D eigenvalue weighted by atomic mass is 10.3. The standard InChI is InChI=1S/C13H14N4O/c1-17-8-4-10(16-17)2-6-14-13-11-5-9-18-12(11)3-7-15-13/h3-5,7-9H,2,6H2,1H3,(H,14,15). The molecule has 3 heterocycles. The molecule has 0 fully saturated rings. The van der Waals surface area contributed by atoms with Gasteiger partial charge in [-0.1, -0.05) is 0 Å². The van der Waals surface area contributed by atoms with Gasteiger partial charge in [0, 0.05) is 32.4 Å². The summed E-state index contributed by atoms with van der Waals surface area (Å²) in [6.45, 7) is 0.800. The van der Waals surface area contributed by atoms with Crippen molar-refractivity contribution in [3.8, 4) is 0 Å². The average Bonchev–Trinajstić information content (AvgIpc) is 2.98. The van der Waals surface area contributed by atoms with Crippen molar-refractivity contribution in [2.24, 2.45) is 7.05 Å². The van der Waals surface area contributed by atoms with Crippen LogP contribution >= 0.6 is 0 Å². The van der Waals surface area contributed by atoms with Gasteiger partial charge in [-0.15, -0.1) is 0 Å². The van der Waals surface area contributed by atoms with Gasteiger partial charge in [0.05, 0.1) is 17.3 Å². The minimum absolute atomic E-state index is 0.800. The molecule has 0 atom stereocenters. The fourth-order valence-electron chi connectivity index (χ4n) is 1.94. The van der Waals surface area contributed by atoms with Crippen molar-refractivity contribution < 1.29 is 4.42 Å². The molecule has 5 heteroatoms. The molecule has 0 spiro atoms. The monoisotopic (exact) mass is 242 g/mol. The number of aryl methyl sites for hydroxylation is 1. The molecule has 3 aromatic heterocycles. The number of furan rings is 1. The number of anilines is 1. The normalized spacial score (nSPS) is 10.9. The van der Waals surface area contributed by atoms with E-state index < -0.39 is 0 Å². The minimum atomic E-state index is 0.800. The maximum absolute atomic E-state index is 5.33. The Balaban J connectivity index is 1.68. The molecule has 18 heavy (non-hydrogen) atoms. The van der Waals surface area contributed by atoms with Crippen LogP contribution in [0, 0.1) is 0 Å². The third kappa shape index (κ3) is 2.07. The second-order valence-electron chi connectivity index (χ2n) is 4.15. The number of hydrogen-bond donors (Lipinski definition) is 1. The van der Waals surface area contributed by atoms with Crippen LogP contribution in [0.25, 0.3) is 11.0 Å².